The number of hydrogen-bond acceptors (Lipinski definition) is 2. The molecule has 0 aliphatic heterocycles. The number of alkyl halides is 1. The Kier molecular flexibility index (Phi) is 3.37. The van der Waals surface area contributed by atoms with Gasteiger partial charge in [0, 0.05) is 23.6 Å². The summed E-state index contributed by atoms with van der Waals surface area (Å²) in [5.74, 6) is 1.20. The van der Waals surface area contributed by atoms with Crippen LogP contribution in [0, 0.1) is 0 Å². The summed E-state index contributed by atoms with van der Waals surface area (Å²) in [6.07, 6.45) is 7.75. The van der Waals surface area contributed by atoms with Gasteiger partial charge in [0.05, 0.1) is 0 Å². The summed E-state index contributed by atoms with van der Waals surface area (Å²) in [7, 11) is 0. The van der Waals surface area contributed by atoms with Gasteiger partial charge in [-0.15, -0.1) is 0 Å². The van der Waals surface area contributed by atoms with E-state index >= 15 is 0 Å². The molecule has 0 unspecified atom stereocenters. The maximum absolute atomic E-state index is 4.88. The van der Waals surface area contributed by atoms with Gasteiger partial charge < -0.3 is 4.90 Å². The molecular formula is C14H19BrN2. The van der Waals surface area contributed by atoms with Gasteiger partial charge in [-0.05, 0) is 50.2 Å². The zero-order chi connectivity index (χ0) is 11.7. The van der Waals surface area contributed by atoms with Crippen LogP contribution >= 0.6 is 15.9 Å². The molecule has 0 N–H and O–H groups in total. The molecule has 0 bridgehead atoms. The van der Waals surface area contributed by atoms with E-state index in [0.717, 1.165) is 17.9 Å². The van der Waals surface area contributed by atoms with Gasteiger partial charge in [0.25, 0.3) is 0 Å². The van der Waals surface area contributed by atoms with E-state index in [9.17, 15) is 0 Å². The number of fused-ring (bicyclic) bond motifs is 1. The fraction of sp³-hybridized carbons (Fsp3) is 0.643. The number of anilines is 1. The first-order chi connectivity index (χ1) is 8.38. The standard InChI is InChI=1S/C14H19BrN2/c15-9-10-17(12-4-2-5-12)14-8-7-11-3-1-6-13(11)16-14/h7-8,12H,1-6,9-10H2. The highest BCUT2D eigenvalue weighted by molar-refractivity contribution is 9.09. The second-order valence-electron chi connectivity index (χ2n) is 5.10. The smallest absolute Gasteiger partial charge is 0.129 e. The molecule has 92 valence electrons. The van der Waals surface area contributed by atoms with Crippen molar-refractivity contribution in [2.24, 2.45) is 0 Å². The predicted octanol–water partition coefficient (Wildman–Crippen LogP) is 3.32. The topological polar surface area (TPSA) is 16.1 Å². The number of nitrogens with zero attached hydrogens (tertiary/aromatic N) is 2. The van der Waals surface area contributed by atoms with Crippen LogP contribution in [0.25, 0.3) is 0 Å². The minimum Gasteiger partial charge on any atom is -0.353 e. The molecule has 1 aromatic heterocycles. The SMILES string of the molecule is BrCCN(c1ccc2c(n1)CCC2)C1CCC1. The Morgan fingerprint density at radius 2 is 2.12 bits per heavy atom. The maximum Gasteiger partial charge on any atom is 0.129 e. The van der Waals surface area contributed by atoms with E-state index in [4.69, 9.17) is 4.98 Å². The molecule has 17 heavy (non-hydrogen) atoms. The normalized spacial score (nSPS) is 18.9. The summed E-state index contributed by atoms with van der Waals surface area (Å²) >= 11 is 3.56. The van der Waals surface area contributed by atoms with Crippen molar-refractivity contribution in [3.63, 3.8) is 0 Å². The zero-order valence-electron chi connectivity index (χ0n) is 10.2. The maximum atomic E-state index is 4.88. The Morgan fingerprint density at radius 1 is 1.24 bits per heavy atom. The van der Waals surface area contributed by atoms with E-state index in [1.807, 2.05) is 0 Å². The zero-order valence-corrected chi connectivity index (χ0v) is 11.7. The lowest BCUT2D eigenvalue weighted by atomic mass is 9.91. The Bertz CT molecular complexity index is 401. The van der Waals surface area contributed by atoms with Crippen LogP contribution in [0.3, 0.4) is 0 Å². The monoisotopic (exact) mass is 294 g/mol. The van der Waals surface area contributed by atoms with E-state index in [0.29, 0.717) is 0 Å². The highest BCUT2D eigenvalue weighted by Gasteiger charge is 2.26. The van der Waals surface area contributed by atoms with E-state index in [1.54, 1.807) is 0 Å². The Hall–Kier alpha value is -0.570. The van der Waals surface area contributed by atoms with Gasteiger partial charge in [0.2, 0.25) is 0 Å². The molecule has 1 aromatic rings. The first-order valence-corrected chi connectivity index (χ1v) is 7.82. The van der Waals surface area contributed by atoms with Crippen molar-refractivity contribution >= 4 is 21.7 Å². The molecule has 0 aromatic carbocycles. The Labute approximate surface area is 112 Å². The van der Waals surface area contributed by atoms with Gasteiger partial charge in [-0.1, -0.05) is 22.0 Å². The fourth-order valence-corrected chi connectivity index (χ4v) is 3.22. The lowest BCUT2D eigenvalue weighted by Gasteiger charge is -2.38. The molecule has 2 aliphatic rings. The van der Waals surface area contributed by atoms with Crippen LogP contribution in [0.5, 0.6) is 0 Å². The molecule has 3 heteroatoms. The minimum absolute atomic E-state index is 0.736. The molecule has 1 saturated carbocycles. The van der Waals surface area contributed by atoms with E-state index in [-0.39, 0.29) is 0 Å². The quantitative estimate of drug-likeness (QED) is 0.792. The van der Waals surface area contributed by atoms with E-state index < -0.39 is 0 Å². The highest BCUT2D eigenvalue weighted by Crippen LogP contribution is 2.30. The van der Waals surface area contributed by atoms with Gasteiger partial charge in [-0.25, -0.2) is 4.98 Å². The molecular weight excluding hydrogens is 276 g/mol. The third-order valence-electron chi connectivity index (χ3n) is 4.05. The lowest BCUT2D eigenvalue weighted by molar-refractivity contribution is 0.389. The van der Waals surface area contributed by atoms with Crippen LogP contribution in [0.15, 0.2) is 12.1 Å². The summed E-state index contributed by atoms with van der Waals surface area (Å²) in [5, 5.41) is 1.03. The third kappa shape index (κ3) is 2.22. The molecule has 1 heterocycles. The first kappa shape index (κ1) is 11.5. The van der Waals surface area contributed by atoms with Crippen LogP contribution in [0.4, 0.5) is 5.82 Å². The van der Waals surface area contributed by atoms with Crippen LogP contribution in [-0.4, -0.2) is 22.9 Å². The Balaban J connectivity index is 1.84. The van der Waals surface area contributed by atoms with Gasteiger partial charge in [0.1, 0.15) is 5.82 Å². The largest absolute Gasteiger partial charge is 0.353 e. The molecule has 0 spiro atoms. The molecule has 0 radical (unpaired) electrons. The molecule has 2 aliphatic carbocycles. The Morgan fingerprint density at radius 3 is 2.82 bits per heavy atom. The summed E-state index contributed by atoms with van der Waals surface area (Å²) in [5.41, 5.74) is 2.82. The second kappa shape index (κ2) is 4.97. The third-order valence-corrected chi connectivity index (χ3v) is 4.40. The number of halogens is 1. The summed E-state index contributed by atoms with van der Waals surface area (Å²) in [6, 6.07) is 5.26. The number of rotatable bonds is 4. The van der Waals surface area contributed by atoms with Crippen molar-refractivity contribution in [1.82, 2.24) is 4.98 Å². The van der Waals surface area contributed by atoms with Crippen molar-refractivity contribution in [2.75, 3.05) is 16.8 Å². The van der Waals surface area contributed by atoms with Crippen LogP contribution in [0.1, 0.15) is 36.9 Å². The van der Waals surface area contributed by atoms with Crippen molar-refractivity contribution in [1.29, 1.82) is 0 Å². The predicted molar refractivity (Wildman–Crippen MR) is 75.0 cm³/mol. The minimum atomic E-state index is 0.736. The molecule has 0 saturated heterocycles. The van der Waals surface area contributed by atoms with E-state index in [2.05, 4.69) is 33.0 Å². The van der Waals surface area contributed by atoms with E-state index in [1.165, 1.54) is 55.6 Å². The summed E-state index contributed by atoms with van der Waals surface area (Å²) in [6.45, 7) is 1.08. The molecule has 1 fully saturated rings. The fourth-order valence-electron chi connectivity index (χ4n) is 2.84. The number of aromatic nitrogens is 1. The van der Waals surface area contributed by atoms with Crippen molar-refractivity contribution in [3.8, 4) is 0 Å². The second-order valence-corrected chi connectivity index (χ2v) is 5.89. The average Bonchev–Trinajstić information content (AvgIpc) is 2.72. The lowest BCUT2D eigenvalue weighted by Crippen LogP contribution is -2.42. The number of hydrogen-bond donors (Lipinski definition) is 0. The molecule has 2 nitrogen and oxygen atoms in total. The van der Waals surface area contributed by atoms with Crippen molar-refractivity contribution < 1.29 is 0 Å². The van der Waals surface area contributed by atoms with Crippen molar-refractivity contribution in [3.05, 3.63) is 23.4 Å². The summed E-state index contributed by atoms with van der Waals surface area (Å²) < 4.78 is 0. The van der Waals surface area contributed by atoms with Gasteiger partial charge in [0.15, 0.2) is 0 Å². The van der Waals surface area contributed by atoms with Crippen LogP contribution < -0.4 is 4.90 Å². The van der Waals surface area contributed by atoms with Gasteiger partial charge >= 0.3 is 0 Å². The molecule has 3 rings (SSSR count). The van der Waals surface area contributed by atoms with Crippen molar-refractivity contribution in [2.45, 2.75) is 44.6 Å². The molecule has 0 atom stereocenters. The summed E-state index contributed by atoms with van der Waals surface area (Å²) in [4.78, 5) is 7.38. The van der Waals surface area contributed by atoms with Gasteiger partial charge in [-0.2, -0.15) is 0 Å². The van der Waals surface area contributed by atoms with Crippen LogP contribution in [0.2, 0.25) is 0 Å². The number of pyridine rings is 1. The molecule has 0 amide bonds. The highest BCUT2D eigenvalue weighted by atomic mass is 79.9. The van der Waals surface area contributed by atoms with Crippen LogP contribution in [-0.2, 0) is 12.8 Å². The average molecular weight is 295 g/mol. The van der Waals surface area contributed by atoms with Gasteiger partial charge in [-0.3, -0.25) is 0 Å². The number of aryl methyl sites for hydroxylation is 2. The first-order valence-electron chi connectivity index (χ1n) is 6.70.